The van der Waals surface area contributed by atoms with Crippen LogP contribution in [0.5, 0.6) is 0 Å². The van der Waals surface area contributed by atoms with Gasteiger partial charge >= 0.3 is 0 Å². The summed E-state index contributed by atoms with van der Waals surface area (Å²) in [5.41, 5.74) is 0. The predicted octanol–water partition coefficient (Wildman–Crippen LogP) is 1.50. The molecular weight excluding hydrogens is 305 g/mol. The standard InChI is InChI=1S/C10H12IN3O/c11-9-5-12-10(13-6-9)14-3-1-8(7-15)2-4-14/h5-8H,1-4H2. The Balaban J connectivity index is 2.01. The van der Waals surface area contributed by atoms with Crippen molar-refractivity contribution in [2.45, 2.75) is 12.8 Å². The van der Waals surface area contributed by atoms with Gasteiger partial charge < -0.3 is 9.69 Å². The molecule has 1 aliphatic rings. The lowest BCUT2D eigenvalue weighted by Gasteiger charge is -2.29. The van der Waals surface area contributed by atoms with Gasteiger partial charge in [0, 0.05) is 35.0 Å². The molecule has 1 aliphatic heterocycles. The second-order valence-corrected chi connectivity index (χ2v) is 4.91. The van der Waals surface area contributed by atoms with Gasteiger partial charge in [-0.05, 0) is 35.4 Å². The minimum Gasteiger partial charge on any atom is -0.341 e. The Hall–Kier alpha value is -0.720. The van der Waals surface area contributed by atoms with Gasteiger partial charge in [0.1, 0.15) is 6.29 Å². The molecule has 2 rings (SSSR count). The lowest BCUT2D eigenvalue weighted by Crippen LogP contribution is -2.35. The number of hydrogen-bond acceptors (Lipinski definition) is 4. The Kier molecular flexibility index (Phi) is 3.50. The number of anilines is 1. The Morgan fingerprint density at radius 3 is 2.47 bits per heavy atom. The summed E-state index contributed by atoms with van der Waals surface area (Å²) < 4.78 is 1.04. The van der Waals surface area contributed by atoms with E-state index in [1.807, 2.05) is 12.4 Å². The maximum atomic E-state index is 10.6. The maximum absolute atomic E-state index is 10.6. The fourth-order valence-corrected chi connectivity index (χ4v) is 1.98. The summed E-state index contributed by atoms with van der Waals surface area (Å²) in [6.07, 6.45) is 6.52. The summed E-state index contributed by atoms with van der Waals surface area (Å²) in [6.45, 7) is 1.76. The van der Waals surface area contributed by atoms with Crippen molar-refractivity contribution in [2.75, 3.05) is 18.0 Å². The molecule has 4 nitrogen and oxygen atoms in total. The first-order valence-corrected chi connectivity index (χ1v) is 6.05. The molecule has 0 amide bonds. The quantitative estimate of drug-likeness (QED) is 0.613. The van der Waals surface area contributed by atoms with E-state index in [0.717, 1.165) is 41.7 Å². The Morgan fingerprint density at radius 1 is 1.33 bits per heavy atom. The van der Waals surface area contributed by atoms with Crippen LogP contribution in [0.1, 0.15) is 12.8 Å². The van der Waals surface area contributed by atoms with Crippen LogP contribution >= 0.6 is 22.6 Å². The van der Waals surface area contributed by atoms with E-state index in [1.54, 1.807) is 0 Å². The monoisotopic (exact) mass is 317 g/mol. The average Bonchev–Trinajstić information content (AvgIpc) is 2.30. The number of carbonyl (C=O) groups excluding carboxylic acids is 1. The molecule has 0 unspecified atom stereocenters. The summed E-state index contributed by atoms with van der Waals surface area (Å²) in [5.74, 6) is 1.00. The molecule has 1 aromatic heterocycles. The maximum Gasteiger partial charge on any atom is 0.225 e. The zero-order valence-corrected chi connectivity index (χ0v) is 10.4. The first kappa shape index (κ1) is 10.8. The third-order valence-corrected chi connectivity index (χ3v) is 3.18. The van der Waals surface area contributed by atoms with Crippen molar-refractivity contribution in [1.82, 2.24) is 9.97 Å². The van der Waals surface area contributed by atoms with Gasteiger partial charge in [-0.2, -0.15) is 0 Å². The molecule has 0 N–H and O–H groups in total. The van der Waals surface area contributed by atoms with Gasteiger partial charge in [-0.1, -0.05) is 0 Å². The van der Waals surface area contributed by atoms with E-state index in [4.69, 9.17) is 0 Å². The highest BCUT2D eigenvalue weighted by Crippen LogP contribution is 2.18. The smallest absolute Gasteiger partial charge is 0.225 e. The van der Waals surface area contributed by atoms with Crippen molar-refractivity contribution in [1.29, 1.82) is 0 Å². The number of rotatable bonds is 2. The summed E-state index contributed by atoms with van der Waals surface area (Å²) in [7, 11) is 0. The molecule has 0 radical (unpaired) electrons. The number of nitrogens with zero attached hydrogens (tertiary/aromatic N) is 3. The number of hydrogen-bond donors (Lipinski definition) is 0. The largest absolute Gasteiger partial charge is 0.341 e. The topological polar surface area (TPSA) is 46.1 Å². The van der Waals surface area contributed by atoms with Crippen molar-refractivity contribution >= 4 is 34.8 Å². The second kappa shape index (κ2) is 4.87. The molecule has 1 fully saturated rings. The molecule has 15 heavy (non-hydrogen) atoms. The molecule has 0 aliphatic carbocycles. The lowest BCUT2D eigenvalue weighted by molar-refractivity contribution is -0.111. The van der Waals surface area contributed by atoms with E-state index in [9.17, 15) is 4.79 Å². The molecule has 5 heteroatoms. The van der Waals surface area contributed by atoms with Gasteiger partial charge in [0.15, 0.2) is 0 Å². The number of halogens is 1. The molecule has 1 saturated heterocycles. The fourth-order valence-electron chi connectivity index (χ4n) is 1.70. The third kappa shape index (κ3) is 2.64. The average molecular weight is 317 g/mol. The zero-order valence-electron chi connectivity index (χ0n) is 8.27. The van der Waals surface area contributed by atoms with E-state index in [0.29, 0.717) is 0 Å². The first-order chi connectivity index (χ1) is 7.29. The van der Waals surface area contributed by atoms with Crippen molar-refractivity contribution in [3.8, 4) is 0 Å². The molecule has 0 saturated carbocycles. The van der Waals surface area contributed by atoms with Crippen LogP contribution in [-0.2, 0) is 4.79 Å². The van der Waals surface area contributed by atoms with Crippen molar-refractivity contribution in [3.63, 3.8) is 0 Å². The predicted molar refractivity (Wildman–Crippen MR) is 65.8 cm³/mol. The Labute approximate surface area is 102 Å². The second-order valence-electron chi connectivity index (χ2n) is 3.66. The van der Waals surface area contributed by atoms with Crippen LogP contribution in [0.2, 0.25) is 0 Å². The summed E-state index contributed by atoms with van der Waals surface area (Å²) in [6, 6.07) is 0. The minimum absolute atomic E-state index is 0.227. The van der Waals surface area contributed by atoms with Crippen molar-refractivity contribution < 1.29 is 4.79 Å². The SMILES string of the molecule is O=CC1CCN(c2ncc(I)cn2)CC1. The number of piperidine rings is 1. The molecule has 0 aromatic carbocycles. The number of aromatic nitrogens is 2. The van der Waals surface area contributed by atoms with Gasteiger partial charge in [-0.3, -0.25) is 0 Å². The normalized spacial score (nSPS) is 17.8. The fraction of sp³-hybridized carbons (Fsp3) is 0.500. The lowest BCUT2D eigenvalue weighted by atomic mass is 9.99. The molecule has 2 heterocycles. The molecular formula is C10H12IN3O. The highest BCUT2D eigenvalue weighted by molar-refractivity contribution is 14.1. The van der Waals surface area contributed by atoms with Crippen molar-refractivity contribution in [2.24, 2.45) is 5.92 Å². The molecule has 1 aromatic rings. The summed E-state index contributed by atoms with van der Waals surface area (Å²) in [4.78, 5) is 21.3. The van der Waals surface area contributed by atoms with E-state index in [2.05, 4.69) is 37.5 Å². The number of aldehydes is 1. The zero-order chi connectivity index (χ0) is 10.7. The Bertz CT molecular complexity index is 333. The molecule has 0 spiro atoms. The van der Waals surface area contributed by atoms with Gasteiger partial charge in [0.25, 0.3) is 0 Å². The van der Waals surface area contributed by atoms with Crippen LogP contribution in [0, 0.1) is 9.49 Å². The van der Waals surface area contributed by atoms with E-state index in [-0.39, 0.29) is 5.92 Å². The highest BCUT2D eigenvalue weighted by Gasteiger charge is 2.19. The van der Waals surface area contributed by atoms with Crippen LogP contribution in [0.3, 0.4) is 0 Å². The van der Waals surface area contributed by atoms with E-state index < -0.39 is 0 Å². The minimum atomic E-state index is 0.227. The van der Waals surface area contributed by atoms with Crippen LogP contribution in [0.4, 0.5) is 5.95 Å². The molecule has 80 valence electrons. The van der Waals surface area contributed by atoms with Crippen LogP contribution in [0.25, 0.3) is 0 Å². The molecule has 0 atom stereocenters. The van der Waals surface area contributed by atoms with Gasteiger partial charge in [0.2, 0.25) is 5.95 Å². The van der Waals surface area contributed by atoms with Crippen molar-refractivity contribution in [3.05, 3.63) is 16.0 Å². The van der Waals surface area contributed by atoms with Crippen LogP contribution < -0.4 is 4.90 Å². The third-order valence-electron chi connectivity index (χ3n) is 2.62. The van der Waals surface area contributed by atoms with E-state index in [1.165, 1.54) is 0 Å². The highest BCUT2D eigenvalue weighted by atomic mass is 127. The Morgan fingerprint density at radius 2 is 1.93 bits per heavy atom. The van der Waals surface area contributed by atoms with Gasteiger partial charge in [-0.15, -0.1) is 0 Å². The van der Waals surface area contributed by atoms with Crippen LogP contribution in [0.15, 0.2) is 12.4 Å². The summed E-state index contributed by atoms with van der Waals surface area (Å²) in [5, 5.41) is 0. The van der Waals surface area contributed by atoms with Crippen LogP contribution in [-0.4, -0.2) is 29.3 Å². The molecule has 0 bridgehead atoms. The number of carbonyl (C=O) groups is 1. The first-order valence-electron chi connectivity index (χ1n) is 4.97. The summed E-state index contributed by atoms with van der Waals surface area (Å²) >= 11 is 2.19. The van der Waals surface area contributed by atoms with Gasteiger partial charge in [-0.25, -0.2) is 9.97 Å². The van der Waals surface area contributed by atoms with E-state index >= 15 is 0 Å². The van der Waals surface area contributed by atoms with Gasteiger partial charge in [0.05, 0.1) is 0 Å².